The molecule has 0 radical (unpaired) electrons. The molecule has 0 aliphatic carbocycles. The molecule has 5 nitrogen and oxygen atoms in total. The van der Waals surface area contributed by atoms with Gasteiger partial charge in [-0.25, -0.2) is 0 Å². The Balaban J connectivity index is 2.12. The zero-order valence-corrected chi connectivity index (χ0v) is 15.4. The first-order chi connectivity index (χ1) is 12.6. The topological polar surface area (TPSA) is 59.0 Å². The fourth-order valence-corrected chi connectivity index (χ4v) is 3.83. The Labute approximate surface area is 154 Å². The summed E-state index contributed by atoms with van der Waals surface area (Å²) >= 11 is 0. The Hall–Kier alpha value is -2.53. The molecule has 0 bridgehead atoms. The third-order valence-corrected chi connectivity index (χ3v) is 5.12. The average Bonchev–Trinajstić information content (AvgIpc) is 3.13. The molecule has 1 aliphatic rings. The number of methoxy groups -OCH3 is 2. The Bertz CT molecular complexity index is 789. The summed E-state index contributed by atoms with van der Waals surface area (Å²) in [7, 11) is 3.22. The number of carboxylic acid groups (broad SMARTS) is 1. The summed E-state index contributed by atoms with van der Waals surface area (Å²) < 4.78 is 10.8. The van der Waals surface area contributed by atoms with Crippen molar-refractivity contribution in [3.8, 4) is 11.5 Å². The van der Waals surface area contributed by atoms with Crippen molar-refractivity contribution in [2.45, 2.75) is 31.8 Å². The minimum Gasteiger partial charge on any atom is -0.493 e. The molecule has 0 saturated carbocycles. The normalized spacial score (nSPS) is 18.5. The number of likely N-dealkylation sites (tertiary alicyclic amines) is 1. The number of aryl methyl sites for hydroxylation is 1. The van der Waals surface area contributed by atoms with Gasteiger partial charge in [0.2, 0.25) is 0 Å². The monoisotopic (exact) mass is 355 g/mol. The highest BCUT2D eigenvalue weighted by molar-refractivity contribution is 5.74. The van der Waals surface area contributed by atoms with Crippen LogP contribution in [0.25, 0.3) is 0 Å². The Morgan fingerprint density at radius 3 is 2.54 bits per heavy atom. The number of ether oxygens (including phenoxy) is 2. The largest absolute Gasteiger partial charge is 0.493 e. The van der Waals surface area contributed by atoms with Crippen LogP contribution in [0, 0.1) is 6.92 Å². The van der Waals surface area contributed by atoms with Gasteiger partial charge < -0.3 is 14.6 Å². The molecule has 1 fully saturated rings. The van der Waals surface area contributed by atoms with E-state index in [1.807, 2.05) is 30.3 Å². The van der Waals surface area contributed by atoms with Gasteiger partial charge in [0.25, 0.3) is 0 Å². The van der Waals surface area contributed by atoms with Crippen molar-refractivity contribution in [2.24, 2.45) is 0 Å². The van der Waals surface area contributed by atoms with Crippen LogP contribution < -0.4 is 9.47 Å². The number of carbonyl (C=O) groups is 1. The van der Waals surface area contributed by atoms with E-state index in [4.69, 9.17) is 9.47 Å². The van der Waals surface area contributed by atoms with Crippen LogP contribution in [0.5, 0.6) is 11.5 Å². The van der Waals surface area contributed by atoms with E-state index in [0.29, 0.717) is 17.9 Å². The fourth-order valence-electron chi connectivity index (χ4n) is 3.83. The second-order valence-electron chi connectivity index (χ2n) is 6.61. The zero-order chi connectivity index (χ0) is 18.7. The van der Waals surface area contributed by atoms with E-state index in [0.717, 1.165) is 29.7 Å². The number of hydrogen-bond acceptors (Lipinski definition) is 4. The highest BCUT2D eigenvalue weighted by atomic mass is 16.5. The molecule has 26 heavy (non-hydrogen) atoms. The van der Waals surface area contributed by atoms with Crippen LogP contribution in [0.2, 0.25) is 0 Å². The number of benzene rings is 2. The highest BCUT2D eigenvalue weighted by Crippen LogP contribution is 2.39. The number of carboxylic acids is 1. The number of hydrogen-bond donors (Lipinski definition) is 1. The van der Waals surface area contributed by atoms with Gasteiger partial charge in [-0.05, 0) is 48.6 Å². The van der Waals surface area contributed by atoms with Gasteiger partial charge >= 0.3 is 5.97 Å². The molecule has 0 aromatic heterocycles. The second-order valence-corrected chi connectivity index (χ2v) is 6.61. The Kier molecular flexibility index (Phi) is 5.47. The zero-order valence-electron chi connectivity index (χ0n) is 15.4. The van der Waals surface area contributed by atoms with E-state index < -0.39 is 12.0 Å². The molecular formula is C21H25NO4. The van der Waals surface area contributed by atoms with E-state index in [2.05, 4.69) is 24.0 Å². The van der Waals surface area contributed by atoms with Crippen LogP contribution in [0.1, 0.15) is 35.6 Å². The Morgan fingerprint density at radius 2 is 1.88 bits per heavy atom. The van der Waals surface area contributed by atoms with E-state index in [1.165, 1.54) is 0 Å². The van der Waals surface area contributed by atoms with Crippen LogP contribution in [-0.4, -0.2) is 42.8 Å². The van der Waals surface area contributed by atoms with Gasteiger partial charge in [-0.15, -0.1) is 0 Å². The first-order valence-corrected chi connectivity index (χ1v) is 8.82. The average molecular weight is 355 g/mol. The van der Waals surface area contributed by atoms with Crippen molar-refractivity contribution >= 4 is 5.97 Å². The molecule has 2 atom stereocenters. The van der Waals surface area contributed by atoms with Crippen molar-refractivity contribution in [2.75, 3.05) is 20.8 Å². The molecule has 3 rings (SSSR count). The van der Waals surface area contributed by atoms with Gasteiger partial charge in [0.05, 0.1) is 20.3 Å². The molecule has 2 unspecified atom stereocenters. The quantitative estimate of drug-likeness (QED) is 0.857. The summed E-state index contributed by atoms with van der Waals surface area (Å²) in [5, 5.41) is 9.69. The minimum atomic E-state index is -0.762. The first kappa shape index (κ1) is 18.3. The minimum absolute atomic E-state index is 0.139. The summed E-state index contributed by atoms with van der Waals surface area (Å²) in [6.45, 7) is 2.82. The molecule has 2 aromatic rings. The molecule has 0 amide bonds. The predicted octanol–water partition coefficient (Wildman–Crippen LogP) is 3.65. The molecule has 1 saturated heterocycles. The van der Waals surface area contributed by atoms with Gasteiger partial charge in [-0.3, -0.25) is 9.69 Å². The molecule has 5 heteroatoms. The summed E-state index contributed by atoms with van der Waals surface area (Å²) in [6.07, 6.45) is 1.55. The van der Waals surface area contributed by atoms with Gasteiger partial charge in [-0.2, -0.15) is 0 Å². The van der Waals surface area contributed by atoms with Crippen LogP contribution in [-0.2, 0) is 4.79 Å². The maximum Gasteiger partial charge on any atom is 0.320 e. The lowest BCUT2D eigenvalue weighted by atomic mass is 9.92. The molecule has 138 valence electrons. The number of nitrogens with zero attached hydrogens (tertiary/aromatic N) is 1. The smallest absolute Gasteiger partial charge is 0.320 e. The fraction of sp³-hybridized carbons (Fsp3) is 0.381. The van der Waals surface area contributed by atoms with Crippen LogP contribution in [0.15, 0.2) is 42.5 Å². The molecule has 0 spiro atoms. The van der Waals surface area contributed by atoms with Crippen molar-refractivity contribution in [1.82, 2.24) is 4.90 Å². The summed E-state index contributed by atoms with van der Waals surface area (Å²) in [4.78, 5) is 13.9. The maximum atomic E-state index is 11.8. The summed E-state index contributed by atoms with van der Waals surface area (Å²) in [6, 6.07) is 13.4. The third kappa shape index (κ3) is 3.40. The molecule has 1 heterocycles. The highest BCUT2D eigenvalue weighted by Gasteiger charge is 2.37. The van der Waals surface area contributed by atoms with Crippen molar-refractivity contribution in [1.29, 1.82) is 0 Å². The lowest BCUT2D eigenvalue weighted by Gasteiger charge is -2.33. The van der Waals surface area contributed by atoms with E-state index >= 15 is 0 Å². The Morgan fingerprint density at radius 1 is 1.15 bits per heavy atom. The van der Waals surface area contributed by atoms with Crippen LogP contribution in [0.4, 0.5) is 0 Å². The summed E-state index contributed by atoms with van der Waals surface area (Å²) in [5.74, 6) is 0.548. The second kappa shape index (κ2) is 7.79. The first-order valence-electron chi connectivity index (χ1n) is 8.82. The summed E-state index contributed by atoms with van der Waals surface area (Å²) in [5.41, 5.74) is 3.27. The van der Waals surface area contributed by atoms with Crippen LogP contribution in [0.3, 0.4) is 0 Å². The maximum absolute atomic E-state index is 11.8. The van der Waals surface area contributed by atoms with Gasteiger partial charge in [0.15, 0.2) is 11.5 Å². The van der Waals surface area contributed by atoms with E-state index in [1.54, 1.807) is 14.2 Å². The van der Waals surface area contributed by atoms with E-state index in [9.17, 15) is 9.90 Å². The standard InChI is InChI=1S/C21H25NO4/c1-14-7-4-5-8-16(14)20(22-12-6-9-17(22)21(23)24)15-10-11-18(25-2)19(13-15)26-3/h4-5,7-8,10-11,13,17,20H,6,9,12H2,1-3H3,(H,23,24). The molecule has 2 aromatic carbocycles. The van der Waals surface area contributed by atoms with E-state index in [-0.39, 0.29) is 6.04 Å². The SMILES string of the molecule is COc1ccc(C(c2ccccc2C)N2CCCC2C(=O)O)cc1OC. The van der Waals surface area contributed by atoms with Gasteiger partial charge in [0.1, 0.15) is 6.04 Å². The number of rotatable bonds is 6. The lowest BCUT2D eigenvalue weighted by molar-refractivity contribution is -0.142. The van der Waals surface area contributed by atoms with Crippen LogP contribution >= 0.6 is 0 Å². The van der Waals surface area contributed by atoms with Crippen molar-refractivity contribution < 1.29 is 19.4 Å². The molecule has 1 aliphatic heterocycles. The third-order valence-electron chi connectivity index (χ3n) is 5.12. The molecular weight excluding hydrogens is 330 g/mol. The predicted molar refractivity (Wildman–Crippen MR) is 99.9 cm³/mol. The van der Waals surface area contributed by atoms with Crippen molar-refractivity contribution in [3.63, 3.8) is 0 Å². The number of aliphatic carboxylic acids is 1. The van der Waals surface area contributed by atoms with Gasteiger partial charge in [0, 0.05) is 6.54 Å². The lowest BCUT2D eigenvalue weighted by Crippen LogP contribution is -2.39. The van der Waals surface area contributed by atoms with Crippen molar-refractivity contribution in [3.05, 3.63) is 59.2 Å². The van der Waals surface area contributed by atoms with Gasteiger partial charge in [-0.1, -0.05) is 30.3 Å². The molecule has 1 N–H and O–H groups in total.